The largest absolute Gasteiger partial charge is 0.383 e. The molecule has 0 saturated carbocycles. The summed E-state index contributed by atoms with van der Waals surface area (Å²) in [5.74, 6) is 0.771. The summed E-state index contributed by atoms with van der Waals surface area (Å²) in [6.45, 7) is 2.96. The van der Waals surface area contributed by atoms with Crippen LogP contribution in [0.25, 0.3) is 31.7 Å². The number of nitrogens with two attached hydrogens (primary N) is 1. The van der Waals surface area contributed by atoms with Crippen molar-refractivity contribution < 1.29 is 9.13 Å². The van der Waals surface area contributed by atoms with E-state index in [2.05, 4.69) is 14.9 Å². The third-order valence-corrected chi connectivity index (χ3v) is 7.13. The van der Waals surface area contributed by atoms with Gasteiger partial charge in [-0.05, 0) is 35.9 Å². The van der Waals surface area contributed by atoms with Crippen molar-refractivity contribution in [2.24, 2.45) is 0 Å². The van der Waals surface area contributed by atoms with Crippen molar-refractivity contribution in [2.45, 2.75) is 0 Å². The Morgan fingerprint density at radius 1 is 1.10 bits per heavy atom. The van der Waals surface area contributed by atoms with Crippen LogP contribution in [0.1, 0.15) is 0 Å². The zero-order valence-electron chi connectivity index (χ0n) is 16.2. The van der Waals surface area contributed by atoms with E-state index in [1.54, 1.807) is 12.4 Å². The second-order valence-electron chi connectivity index (χ2n) is 7.13. The summed E-state index contributed by atoms with van der Waals surface area (Å²) in [4.78, 5) is 11.8. The molecule has 1 saturated heterocycles. The number of hydrogen-bond donors (Lipinski definition) is 1. The molecule has 5 nitrogen and oxygen atoms in total. The Kier molecular flexibility index (Phi) is 5.44. The van der Waals surface area contributed by atoms with Crippen molar-refractivity contribution in [3.8, 4) is 21.6 Å². The number of ether oxygens (including phenoxy) is 1. The molecular weight excluding hydrogens is 458 g/mol. The van der Waals surface area contributed by atoms with E-state index in [0.29, 0.717) is 29.6 Å². The lowest BCUT2D eigenvalue weighted by Crippen LogP contribution is -2.36. The van der Waals surface area contributed by atoms with Crippen molar-refractivity contribution in [2.75, 3.05) is 36.9 Å². The first-order valence-corrected chi connectivity index (χ1v) is 11.2. The Balaban J connectivity index is 1.65. The molecule has 4 aromatic rings. The quantitative estimate of drug-likeness (QED) is 0.375. The lowest BCUT2D eigenvalue weighted by atomic mass is 10.0. The van der Waals surface area contributed by atoms with Gasteiger partial charge in [0, 0.05) is 46.9 Å². The highest BCUT2D eigenvalue weighted by Crippen LogP contribution is 2.45. The van der Waals surface area contributed by atoms with Gasteiger partial charge in [0.05, 0.1) is 28.0 Å². The molecule has 4 heterocycles. The van der Waals surface area contributed by atoms with Crippen molar-refractivity contribution in [1.29, 1.82) is 0 Å². The van der Waals surface area contributed by atoms with E-state index in [9.17, 15) is 4.39 Å². The standard InChI is InChI=1S/C22H17Cl2FN4OS/c23-15-1-2-16(25)20(24)19(15)17-10-13-14(11-28-22(26)21(13)31-17)12-3-4-27-18(9-12)29-5-7-30-8-6-29/h1-4,9-11H,5-8H2,(H2,26,28). The molecule has 158 valence electrons. The number of fused-ring (bicyclic) bond motifs is 1. The van der Waals surface area contributed by atoms with Gasteiger partial charge >= 0.3 is 0 Å². The summed E-state index contributed by atoms with van der Waals surface area (Å²) in [6, 6.07) is 8.68. The van der Waals surface area contributed by atoms with Crippen LogP contribution in [0.3, 0.4) is 0 Å². The molecule has 5 rings (SSSR count). The van der Waals surface area contributed by atoms with Gasteiger partial charge in [0.1, 0.15) is 17.5 Å². The van der Waals surface area contributed by atoms with Crippen molar-refractivity contribution in [3.63, 3.8) is 0 Å². The lowest BCUT2D eigenvalue weighted by Gasteiger charge is -2.28. The first-order chi connectivity index (χ1) is 15.0. The lowest BCUT2D eigenvalue weighted by molar-refractivity contribution is 0.122. The molecule has 1 aromatic carbocycles. The summed E-state index contributed by atoms with van der Waals surface area (Å²) in [5.41, 5.74) is 8.51. The van der Waals surface area contributed by atoms with Gasteiger partial charge < -0.3 is 15.4 Å². The molecule has 3 aromatic heterocycles. The van der Waals surface area contributed by atoms with Crippen LogP contribution in [0.2, 0.25) is 10.0 Å². The third kappa shape index (κ3) is 3.72. The second kappa shape index (κ2) is 8.24. The maximum atomic E-state index is 14.1. The highest BCUT2D eigenvalue weighted by molar-refractivity contribution is 7.23. The minimum Gasteiger partial charge on any atom is -0.383 e. The number of thiophene rings is 1. The molecular formula is C22H17Cl2FN4OS. The molecule has 0 unspecified atom stereocenters. The Labute approximate surface area is 192 Å². The molecule has 0 atom stereocenters. The number of nitrogen functional groups attached to an aromatic ring is 1. The smallest absolute Gasteiger partial charge is 0.142 e. The highest BCUT2D eigenvalue weighted by Gasteiger charge is 2.19. The number of pyridine rings is 2. The van der Waals surface area contributed by atoms with Crippen molar-refractivity contribution in [1.82, 2.24) is 9.97 Å². The van der Waals surface area contributed by atoms with Crippen LogP contribution < -0.4 is 10.6 Å². The molecule has 0 aliphatic carbocycles. The van der Waals surface area contributed by atoms with Gasteiger partial charge in [-0.3, -0.25) is 0 Å². The number of morpholine rings is 1. The summed E-state index contributed by atoms with van der Waals surface area (Å²) >= 11 is 14.0. The average Bonchev–Trinajstić information content (AvgIpc) is 3.23. The predicted molar refractivity (Wildman–Crippen MR) is 126 cm³/mol. The zero-order valence-corrected chi connectivity index (χ0v) is 18.6. The normalized spacial score (nSPS) is 14.4. The maximum absolute atomic E-state index is 14.1. The first-order valence-electron chi connectivity index (χ1n) is 9.64. The topological polar surface area (TPSA) is 64.3 Å². The molecule has 1 aliphatic heterocycles. The number of benzene rings is 1. The Bertz CT molecular complexity index is 1290. The van der Waals surface area contributed by atoms with Gasteiger partial charge in [-0.15, -0.1) is 11.3 Å². The fourth-order valence-corrected chi connectivity index (χ4v) is 5.53. The van der Waals surface area contributed by atoms with E-state index in [0.717, 1.165) is 45.0 Å². The van der Waals surface area contributed by atoms with Crippen LogP contribution in [0.5, 0.6) is 0 Å². The molecule has 31 heavy (non-hydrogen) atoms. The number of rotatable bonds is 3. The number of aromatic nitrogens is 2. The minimum absolute atomic E-state index is 0.00866. The van der Waals surface area contributed by atoms with Gasteiger partial charge in [-0.1, -0.05) is 23.2 Å². The van der Waals surface area contributed by atoms with Crippen molar-refractivity contribution >= 4 is 56.3 Å². The number of nitrogens with zero attached hydrogens (tertiary/aromatic N) is 3. The van der Waals surface area contributed by atoms with E-state index in [-0.39, 0.29) is 5.02 Å². The molecule has 0 amide bonds. The molecule has 0 spiro atoms. The molecule has 9 heteroatoms. The SMILES string of the molecule is Nc1ncc(-c2ccnc(N3CCOCC3)c2)c2cc(-c3c(Cl)ccc(F)c3Cl)sc12. The van der Waals surface area contributed by atoms with Gasteiger partial charge in [0.2, 0.25) is 0 Å². The van der Waals surface area contributed by atoms with Gasteiger partial charge in [-0.25, -0.2) is 14.4 Å². The van der Waals surface area contributed by atoms with Crippen LogP contribution in [0.15, 0.2) is 42.7 Å². The average molecular weight is 475 g/mol. The Hall–Kier alpha value is -2.45. The molecule has 0 bridgehead atoms. The van der Waals surface area contributed by atoms with E-state index in [1.165, 1.54) is 23.5 Å². The number of halogens is 3. The van der Waals surface area contributed by atoms with Crippen LogP contribution in [0, 0.1) is 5.82 Å². The van der Waals surface area contributed by atoms with Gasteiger partial charge in [-0.2, -0.15) is 0 Å². The predicted octanol–water partition coefficient (Wildman–Crippen LogP) is 5.89. The Morgan fingerprint density at radius 3 is 2.71 bits per heavy atom. The van der Waals surface area contributed by atoms with Gasteiger partial charge in [0.15, 0.2) is 0 Å². The van der Waals surface area contributed by atoms with Gasteiger partial charge in [0.25, 0.3) is 0 Å². The highest BCUT2D eigenvalue weighted by atomic mass is 35.5. The maximum Gasteiger partial charge on any atom is 0.142 e. The van der Waals surface area contributed by atoms with E-state index in [1.807, 2.05) is 18.2 Å². The number of hydrogen-bond acceptors (Lipinski definition) is 6. The van der Waals surface area contributed by atoms with Crippen LogP contribution in [0.4, 0.5) is 16.0 Å². The molecule has 1 aliphatic rings. The molecule has 0 radical (unpaired) electrons. The molecule has 1 fully saturated rings. The summed E-state index contributed by atoms with van der Waals surface area (Å²) < 4.78 is 20.3. The zero-order chi connectivity index (χ0) is 21.5. The minimum atomic E-state index is -0.519. The second-order valence-corrected chi connectivity index (χ2v) is 8.97. The van der Waals surface area contributed by atoms with E-state index >= 15 is 0 Å². The van der Waals surface area contributed by atoms with Crippen LogP contribution in [-0.2, 0) is 4.74 Å². The van der Waals surface area contributed by atoms with E-state index in [4.69, 9.17) is 33.7 Å². The molecule has 2 N–H and O–H groups in total. The number of anilines is 2. The summed E-state index contributed by atoms with van der Waals surface area (Å²) in [6.07, 6.45) is 3.54. The monoisotopic (exact) mass is 474 g/mol. The van der Waals surface area contributed by atoms with Crippen LogP contribution >= 0.6 is 34.5 Å². The van der Waals surface area contributed by atoms with Crippen molar-refractivity contribution in [3.05, 3.63) is 58.6 Å². The fraction of sp³-hybridized carbons (Fsp3) is 0.182. The summed E-state index contributed by atoms with van der Waals surface area (Å²) in [7, 11) is 0. The Morgan fingerprint density at radius 2 is 1.90 bits per heavy atom. The van der Waals surface area contributed by atoms with Crippen LogP contribution in [-0.4, -0.2) is 36.3 Å². The summed E-state index contributed by atoms with van der Waals surface area (Å²) in [5, 5.41) is 1.28. The third-order valence-electron chi connectivity index (χ3n) is 5.27. The fourth-order valence-electron chi connectivity index (χ4n) is 3.70. The van der Waals surface area contributed by atoms with E-state index < -0.39 is 5.82 Å². The first kappa shape index (κ1) is 20.5.